The maximum absolute atomic E-state index is 9.08. The largest absolute Gasteiger partial charge is 0.396 e. The van der Waals surface area contributed by atoms with E-state index in [9.17, 15) is 0 Å². The fraction of sp³-hybridized carbons (Fsp3) is 1.00. The van der Waals surface area contributed by atoms with E-state index >= 15 is 0 Å². The van der Waals surface area contributed by atoms with Crippen LogP contribution in [0.4, 0.5) is 0 Å². The molecule has 2 heteroatoms. The van der Waals surface area contributed by atoms with Crippen LogP contribution in [0.2, 0.25) is 0 Å². The van der Waals surface area contributed by atoms with Crippen LogP contribution in [0.3, 0.4) is 0 Å². The first kappa shape index (κ1) is 9.47. The van der Waals surface area contributed by atoms with Crippen LogP contribution in [0, 0.1) is 5.92 Å². The maximum Gasteiger partial charge on any atom is 0.0471 e. The van der Waals surface area contributed by atoms with Crippen LogP contribution >= 0.6 is 0 Å². The minimum absolute atomic E-state index is 0.382. The Kier molecular flexibility index (Phi) is 2.61. The highest BCUT2D eigenvalue weighted by atomic mass is 16.3. The van der Waals surface area contributed by atoms with Crippen molar-refractivity contribution < 1.29 is 5.11 Å². The van der Waals surface area contributed by atoms with Crippen molar-refractivity contribution in [3.05, 3.63) is 0 Å². The van der Waals surface area contributed by atoms with Crippen molar-refractivity contribution in [1.82, 2.24) is 4.90 Å². The number of aliphatic hydroxyl groups excluding tert-OH is 1. The van der Waals surface area contributed by atoms with E-state index < -0.39 is 0 Å². The standard InChI is InChI=1S/C11H21NO/c1-11(5-2-3-6-11)12-7-4-10(8-12)9-13/h10,13H,2-9H2,1H3. The second-order valence-electron chi connectivity index (χ2n) is 4.99. The zero-order valence-corrected chi connectivity index (χ0v) is 8.63. The average molecular weight is 183 g/mol. The van der Waals surface area contributed by atoms with Crippen molar-refractivity contribution in [3.8, 4) is 0 Å². The van der Waals surface area contributed by atoms with Crippen molar-refractivity contribution in [2.45, 2.75) is 44.6 Å². The molecule has 1 aliphatic carbocycles. The molecule has 1 atom stereocenters. The number of nitrogens with zero attached hydrogens (tertiary/aromatic N) is 1. The first-order valence-electron chi connectivity index (χ1n) is 5.60. The Balaban J connectivity index is 1.94. The van der Waals surface area contributed by atoms with Crippen LogP contribution in [0.25, 0.3) is 0 Å². The SMILES string of the molecule is CC1(N2CCC(CO)C2)CCCC1. The zero-order chi connectivity index (χ0) is 9.31. The number of hydrogen-bond donors (Lipinski definition) is 1. The van der Waals surface area contributed by atoms with Gasteiger partial charge in [-0.3, -0.25) is 4.90 Å². The normalized spacial score (nSPS) is 34.2. The van der Waals surface area contributed by atoms with Gasteiger partial charge in [0.15, 0.2) is 0 Å². The molecule has 0 radical (unpaired) electrons. The predicted molar refractivity (Wildman–Crippen MR) is 53.6 cm³/mol. The molecule has 0 spiro atoms. The van der Waals surface area contributed by atoms with E-state index in [0.29, 0.717) is 18.1 Å². The fourth-order valence-electron chi connectivity index (χ4n) is 2.92. The number of likely N-dealkylation sites (tertiary alicyclic amines) is 1. The molecule has 1 N–H and O–H groups in total. The van der Waals surface area contributed by atoms with Gasteiger partial charge >= 0.3 is 0 Å². The predicted octanol–water partition coefficient (Wildman–Crippen LogP) is 1.63. The topological polar surface area (TPSA) is 23.5 Å². The van der Waals surface area contributed by atoms with Crippen LogP contribution in [-0.2, 0) is 0 Å². The third-order valence-electron chi connectivity index (χ3n) is 3.99. The molecule has 0 amide bonds. The second-order valence-corrected chi connectivity index (χ2v) is 4.99. The van der Waals surface area contributed by atoms with Crippen LogP contribution < -0.4 is 0 Å². The highest BCUT2D eigenvalue weighted by Gasteiger charge is 2.38. The van der Waals surface area contributed by atoms with Crippen molar-refractivity contribution >= 4 is 0 Å². The molecule has 1 aliphatic heterocycles. The van der Waals surface area contributed by atoms with Crippen LogP contribution in [0.5, 0.6) is 0 Å². The summed E-state index contributed by atoms with van der Waals surface area (Å²) in [6.45, 7) is 5.13. The summed E-state index contributed by atoms with van der Waals surface area (Å²) in [5.74, 6) is 0.553. The van der Waals surface area contributed by atoms with Crippen molar-refractivity contribution in [1.29, 1.82) is 0 Å². The van der Waals surface area contributed by atoms with E-state index in [1.54, 1.807) is 0 Å². The van der Waals surface area contributed by atoms with Gasteiger partial charge in [-0.2, -0.15) is 0 Å². The van der Waals surface area contributed by atoms with E-state index in [1.165, 1.54) is 38.6 Å². The van der Waals surface area contributed by atoms with Gasteiger partial charge < -0.3 is 5.11 Å². The van der Waals surface area contributed by atoms with Crippen LogP contribution in [-0.4, -0.2) is 35.2 Å². The highest BCUT2D eigenvalue weighted by Crippen LogP contribution is 2.37. The van der Waals surface area contributed by atoms with Crippen LogP contribution in [0.15, 0.2) is 0 Å². The lowest BCUT2D eigenvalue weighted by molar-refractivity contribution is 0.127. The Labute approximate surface area is 80.9 Å². The van der Waals surface area contributed by atoms with Crippen molar-refractivity contribution in [2.24, 2.45) is 5.92 Å². The van der Waals surface area contributed by atoms with Gasteiger partial charge in [0.2, 0.25) is 0 Å². The van der Waals surface area contributed by atoms with Gasteiger partial charge in [0.05, 0.1) is 0 Å². The lowest BCUT2D eigenvalue weighted by Gasteiger charge is -2.35. The molecule has 0 aromatic carbocycles. The molecule has 1 heterocycles. The monoisotopic (exact) mass is 183 g/mol. The van der Waals surface area contributed by atoms with E-state index in [0.717, 1.165) is 6.54 Å². The maximum atomic E-state index is 9.08. The van der Waals surface area contributed by atoms with Gasteiger partial charge in [0, 0.05) is 18.7 Å². The molecule has 2 aliphatic rings. The first-order chi connectivity index (χ1) is 6.24. The van der Waals surface area contributed by atoms with Gasteiger partial charge in [-0.25, -0.2) is 0 Å². The molecule has 2 nitrogen and oxygen atoms in total. The van der Waals surface area contributed by atoms with Gasteiger partial charge in [-0.05, 0) is 38.6 Å². The van der Waals surface area contributed by atoms with Gasteiger partial charge in [0.1, 0.15) is 0 Å². The van der Waals surface area contributed by atoms with E-state index in [1.807, 2.05) is 0 Å². The summed E-state index contributed by atoms with van der Waals surface area (Å²) >= 11 is 0. The molecule has 1 unspecified atom stereocenters. The van der Waals surface area contributed by atoms with E-state index in [4.69, 9.17) is 5.11 Å². The quantitative estimate of drug-likeness (QED) is 0.703. The third kappa shape index (κ3) is 1.75. The molecule has 0 aromatic heterocycles. The van der Waals surface area contributed by atoms with E-state index in [-0.39, 0.29) is 0 Å². The molecule has 2 rings (SSSR count). The average Bonchev–Trinajstić information content (AvgIpc) is 2.72. The summed E-state index contributed by atoms with van der Waals surface area (Å²) in [4.78, 5) is 2.61. The molecule has 0 bridgehead atoms. The summed E-state index contributed by atoms with van der Waals surface area (Å²) in [6, 6.07) is 0. The lowest BCUT2D eigenvalue weighted by Crippen LogP contribution is -2.42. The molecule has 0 aromatic rings. The molecular formula is C11H21NO. The summed E-state index contributed by atoms with van der Waals surface area (Å²) in [5.41, 5.74) is 0.476. The molecule has 13 heavy (non-hydrogen) atoms. The molecular weight excluding hydrogens is 162 g/mol. The molecule has 1 saturated heterocycles. The highest BCUT2D eigenvalue weighted by molar-refractivity contribution is 4.94. The summed E-state index contributed by atoms with van der Waals surface area (Å²) < 4.78 is 0. The van der Waals surface area contributed by atoms with Crippen molar-refractivity contribution in [3.63, 3.8) is 0 Å². The molecule has 1 saturated carbocycles. The lowest BCUT2D eigenvalue weighted by atomic mass is 9.98. The van der Waals surface area contributed by atoms with Gasteiger partial charge in [-0.15, -0.1) is 0 Å². The fourth-order valence-corrected chi connectivity index (χ4v) is 2.92. The Morgan fingerprint density at radius 2 is 2.08 bits per heavy atom. The van der Waals surface area contributed by atoms with Gasteiger partial charge in [0.25, 0.3) is 0 Å². The number of aliphatic hydroxyl groups is 1. The number of hydrogen-bond acceptors (Lipinski definition) is 2. The first-order valence-corrected chi connectivity index (χ1v) is 5.60. The summed E-state index contributed by atoms with van der Waals surface area (Å²) in [6.07, 6.45) is 6.73. The summed E-state index contributed by atoms with van der Waals surface area (Å²) in [7, 11) is 0. The van der Waals surface area contributed by atoms with Crippen molar-refractivity contribution in [2.75, 3.05) is 19.7 Å². The van der Waals surface area contributed by atoms with Crippen LogP contribution in [0.1, 0.15) is 39.0 Å². The van der Waals surface area contributed by atoms with Gasteiger partial charge in [-0.1, -0.05) is 12.8 Å². The number of rotatable bonds is 2. The Bertz CT molecular complexity index is 175. The third-order valence-corrected chi connectivity index (χ3v) is 3.99. The Morgan fingerprint density at radius 1 is 1.38 bits per heavy atom. The Morgan fingerprint density at radius 3 is 2.62 bits per heavy atom. The zero-order valence-electron chi connectivity index (χ0n) is 8.63. The Hall–Kier alpha value is -0.0800. The second kappa shape index (κ2) is 3.58. The minimum Gasteiger partial charge on any atom is -0.396 e. The van der Waals surface area contributed by atoms with E-state index in [2.05, 4.69) is 11.8 Å². The molecule has 76 valence electrons. The molecule has 2 fully saturated rings. The summed E-state index contributed by atoms with van der Waals surface area (Å²) in [5, 5.41) is 9.08. The minimum atomic E-state index is 0.382. The smallest absolute Gasteiger partial charge is 0.0471 e.